The maximum Gasteiger partial charge on any atom is 0.396 e. The molecule has 2 heterocycles. The number of benzene rings is 1. The zero-order chi connectivity index (χ0) is 25.2. The van der Waals surface area contributed by atoms with Crippen LogP contribution in [-0.2, 0) is 6.42 Å². The lowest BCUT2D eigenvalue weighted by Gasteiger charge is -2.21. The van der Waals surface area contributed by atoms with Crippen LogP contribution in [0.25, 0.3) is 0 Å². The Hall–Kier alpha value is -2.85. The minimum Gasteiger partial charge on any atom is -0.484 e. The van der Waals surface area contributed by atoms with Crippen molar-refractivity contribution in [2.24, 2.45) is 17.8 Å². The van der Waals surface area contributed by atoms with Gasteiger partial charge in [0.25, 0.3) is 11.9 Å². The van der Waals surface area contributed by atoms with Crippen LogP contribution in [0.4, 0.5) is 33.7 Å². The number of fused-ring (bicyclic) bond motifs is 2. The molecule has 11 heteroatoms. The molecule has 0 spiro atoms. The maximum absolute atomic E-state index is 14.7. The standard InChI is InChI=1S/C25H26F5N3O3/c26-17-9-15(10-18(27)22(17)35-16-7-13-6-14(13)8-16)31-23(34)21-20(11-25(28,29)30)36-24(32-21)33-5-4-12-2-1-3-19(12)33/h9-10,12-14,16,19H,1-8,11H2,(H,31,34)/t12?,13-,14?,16?,19?/m0/s1. The van der Waals surface area contributed by atoms with Crippen molar-refractivity contribution in [2.75, 3.05) is 16.8 Å². The summed E-state index contributed by atoms with van der Waals surface area (Å²) >= 11 is 0. The highest BCUT2D eigenvalue weighted by Gasteiger charge is 2.47. The van der Waals surface area contributed by atoms with E-state index < -0.39 is 47.3 Å². The van der Waals surface area contributed by atoms with Gasteiger partial charge in [0, 0.05) is 30.4 Å². The van der Waals surface area contributed by atoms with Crippen LogP contribution in [0, 0.1) is 29.4 Å². The SMILES string of the molecule is O=C(Nc1cc(F)c(OC2CC3C[C@H]3C2)c(F)c1)c1nc(N2CCC3CCCC32)oc1CC(F)(F)F. The van der Waals surface area contributed by atoms with E-state index in [2.05, 4.69) is 10.3 Å². The Bertz CT molecular complexity index is 1150. The molecule has 4 aliphatic rings. The predicted octanol–water partition coefficient (Wildman–Crippen LogP) is 5.87. The molecule has 1 aliphatic heterocycles. The summed E-state index contributed by atoms with van der Waals surface area (Å²) in [4.78, 5) is 18.8. The topological polar surface area (TPSA) is 67.6 Å². The minimum atomic E-state index is -4.63. The van der Waals surface area contributed by atoms with E-state index in [9.17, 15) is 26.7 Å². The number of nitrogens with one attached hydrogen (secondary N) is 1. The fraction of sp³-hybridized carbons (Fsp3) is 0.600. The number of carbonyl (C=O) groups excluding carboxylic acids is 1. The number of rotatable bonds is 6. The first-order chi connectivity index (χ1) is 17.1. The summed E-state index contributed by atoms with van der Waals surface area (Å²) in [6, 6.07) is 1.88. The zero-order valence-electron chi connectivity index (χ0n) is 19.4. The van der Waals surface area contributed by atoms with Crippen molar-refractivity contribution in [1.82, 2.24) is 4.98 Å². The highest BCUT2D eigenvalue weighted by atomic mass is 19.4. The second kappa shape index (κ2) is 8.62. The number of anilines is 2. The summed E-state index contributed by atoms with van der Waals surface area (Å²) in [6.45, 7) is 0.586. The highest BCUT2D eigenvalue weighted by Crippen LogP contribution is 2.52. The summed E-state index contributed by atoms with van der Waals surface area (Å²) in [6.07, 6.45) is 0.132. The quantitative estimate of drug-likeness (QED) is 0.492. The average Bonchev–Trinajstić information content (AvgIpc) is 3.24. The number of amides is 1. The number of halogens is 5. The molecule has 194 valence electrons. The normalized spacial score (nSPS) is 28.8. The maximum atomic E-state index is 14.7. The van der Waals surface area contributed by atoms with Gasteiger partial charge in [-0.1, -0.05) is 6.42 Å². The van der Waals surface area contributed by atoms with Gasteiger partial charge in [-0.15, -0.1) is 0 Å². The lowest BCUT2D eigenvalue weighted by molar-refractivity contribution is -0.130. The Morgan fingerprint density at radius 3 is 2.50 bits per heavy atom. The van der Waals surface area contributed by atoms with Gasteiger partial charge in [-0.3, -0.25) is 4.79 Å². The third-order valence-electron chi connectivity index (χ3n) is 8.01. The summed E-state index contributed by atoms with van der Waals surface area (Å²) in [5.41, 5.74) is -0.800. The van der Waals surface area contributed by atoms with Crippen molar-refractivity contribution < 1.29 is 35.9 Å². The average molecular weight is 511 g/mol. The molecule has 1 saturated heterocycles. The van der Waals surface area contributed by atoms with E-state index in [1.165, 1.54) is 0 Å². The molecule has 2 aromatic rings. The Morgan fingerprint density at radius 1 is 1.08 bits per heavy atom. The molecule has 1 aromatic carbocycles. The second-order valence-electron chi connectivity index (χ2n) is 10.5. The molecule has 4 unspecified atom stereocenters. The molecule has 0 radical (unpaired) electrons. The van der Waals surface area contributed by atoms with E-state index in [0.29, 0.717) is 24.3 Å². The van der Waals surface area contributed by atoms with Crippen molar-refractivity contribution in [3.8, 4) is 5.75 Å². The van der Waals surface area contributed by atoms with Crippen molar-refractivity contribution in [3.05, 3.63) is 35.2 Å². The van der Waals surface area contributed by atoms with E-state index in [1.807, 2.05) is 4.90 Å². The van der Waals surface area contributed by atoms with Crippen molar-refractivity contribution in [2.45, 2.75) is 69.7 Å². The minimum absolute atomic E-state index is 0.0236. The molecule has 4 fully saturated rings. The molecule has 5 atom stereocenters. The first-order valence-electron chi connectivity index (χ1n) is 12.4. The van der Waals surface area contributed by atoms with Gasteiger partial charge in [-0.25, -0.2) is 8.78 Å². The van der Waals surface area contributed by atoms with Gasteiger partial charge in [-0.05, 0) is 56.3 Å². The van der Waals surface area contributed by atoms with Gasteiger partial charge in [0.05, 0.1) is 6.10 Å². The molecule has 0 bridgehead atoms. The lowest BCUT2D eigenvalue weighted by Crippen LogP contribution is -2.30. The number of ether oxygens (including phenoxy) is 1. The highest BCUT2D eigenvalue weighted by molar-refractivity contribution is 6.03. The molecular weight excluding hydrogens is 485 g/mol. The molecule has 1 aromatic heterocycles. The molecule has 1 amide bonds. The van der Waals surface area contributed by atoms with Crippen LogP contribution in [0.3, 0.4) is 0 Å². The first-order valence-corrected chi connectivity index (χ1v) is 12.4. The van der Waals surface area contributed by atoms with Crippen LogP contribution in [0.15, 0.2) is 16.5 Å². The van der Waals surface area contributed by atoms with E-state index in [0.717, 1.165) is 57.1 Å². The second-order valence-corrected chi connectivity index (χ2v) is 10.5. The number of carbonyl (C=O) groups is 1. The lowest BCUT2D eigenvalue weighted by atomic mass is 10.1. The van der Waals surface area contributed by atoms with E-state index in [4.69, 9.17) is 9.15 Å². The Kier molecular flexibility index (Phi) is 5.64. The van der Waals surface area contributed by atoms with Crippen LogP contribution in [-0.4, -0.2) is 35.8 Å². The molecule has 3 aliphatic carbocycles. The summed E-state index contributed by atoms with van der Waals surface area (Å²) < 4.78 is 79.9. The summed E-state index contributed by atoms with van der Waals surface area (Å²) in [5, 5.41) is 2.27. The van der Waals surface area contributed by atoms with Crippen molar-refractivity contribution >= 4 is 17.6 Å². The smallest absolute Gasteiger partial charge is 0.396 e. The van der Waals surface area contributed by atoms with Crippen LogP contribution in [0.2, 0.25) is 0 Å². The Labute approximate surface area is 204 Å². The fourth-order valence-electron chi connectivity index (χ4n) is 6.27. The Balaban J connectivity index is 1.22. The number of aromatic nitrogens is 1. The monoisotopic (exact) mass is 511 g/mol. The number of oxazole rings is 1. The summed E-state index contributed by atoms with van der Waals surface area (Å²) in [5.74, 6) is -2.59. The van der Waals surface area contributed by atoms with Crippen LogP contribution in [0.5, 0.6) is 5.75 Å². The van der Waals surface area contributed by atoms with Crippen molar-refractivity contribution in [3.63, 3.8) is 0 Å². The molecule has 36 heavy (non-hydrogen) atoms. The third-order valence-corrected chi connectivity index (χ3v) is 8.01. The van der Waals surface area contributed by atoms with Crippen LogP contribution >= 0.6 is 0 Å². The molecule has 3 saturated carbocycles. The number of nitrogens with zero attached hydrogens (tertiary/aromatic N) is 2. The first kappa shape index (κ1) is 23.5. The summed E-state index contributed by atoms with van der Waals surface area (Å²) in [7, 11) is 0. The number of hydrogen-bond acceptors (Lipinski definition) is 5. The van der Waals surface area contributed by atoms with Gasteiger partial charge < -0.3 is 19.4 Å². The van der Waals surface area contributed by atoms with Gasteiger partial charge in [0.1, 0.15) is 12.2 Å². The predicted molar refractivity (Wildman–Crippen MR) is 119 cm³/mol. The van der Waals surface area contributed by atoms with Gasteiger partial charge in [0.2, 0.25) is 0 Å². The van der Waals surface area contributed by atoms with Gasteiger partial charge in [0.15, 0.2) is 23.1 Å². The number of alkyl halides is 3. The van der Waals surface area contributed by atoms with E-state index >= 15 is 0 Å². The molecule has 6 nitrogen and oxygen atoms in total. The molecular formula is C25H26F5N3O3. The van der Waals surface area contributed by atoms with Crippen LogP contribution in [0.1, 0.15) is 61.2 Å². The molecule has 6 rings (SSSR count). The fourth-order valence-corrected chi connectivity index (χ4v) is 6.27. The van der Waals surface area contributed by atoms with Crippen LogP contribution < -0.4 is 15.0 Å². The number of hydrogen-bond donors (Lipinski definition) is 1. The molecule has 1 N–H and O–H groups in total. The van der Waals surface area contributed by atoms with Gasteiger partial charge in [-0.2, -0.15) is 18.2 Å². The third kappa shape index (κ3) is 4.52. The van der Waals surface area contributed by atoms with E-state index in [1.54, 1.807) is 0 Å². The van der Waals surface area contributed by atoms with Crippen molar-refractivity contribution in [1.29, 1.82) is 0 Å². The zero-order valence-corrected chi connectivity index (χ0v) is 19.4. The van der Waals surface area contributed by atoms with Gasteiger partial charge >= 0.3 is 6.18 Å². The Morgan fingerprint density at radius 2 is 1.81 bits per heavy atom. The largest absolute Gasteiger partial charge is 0.484 e. The van der Waals surface area contributed by atoms with E-state index in [-0.39, 0.29) is 23.8 Å².